The van der Waals surface area contributed by atoms with Gasteiger partial charge < -0.3 is 9.64 Å². The van der Waals surface area contributed by atoms with Gasteiger partial charge in [0.2, 0.25) is 0 Å². The average Bonchev–Trinajstić information content (AvgIpc) is 3.17. The largest absolute Gasteiger partial charge is 0.381 e. The van der Waals surface area contributed by atoms with Crippen LogP contribution in [0.3, 0.4) is 0 Å². The number of hydrogen-bond acceptors (Lipinski definition) is 3. The van der Waals surface area contributed by atoms with Crippen molar-refractivity contribution in [2.24, 2.45) is 0 Å². The van der Waals surface area contributed by atoms with Crippen LogP contribution in [0.15, 0.2) is 30.5 Å². The van der Waals surface area contributed by atoms with Gasteiger partial charge in [0.15, 0.2) is 0 Å². The van der Waals surface area contributed by atoms with Crippen LogP contribution in [0.5, 0.6) is 0 Å². The predicted octanol–water partition coefficient (Wildman–Crippen LogP) is 2.32. The minimum atomic E-state index is -0.301. The molecule has 1 amide bonds. The van der Waals surface area contributed by atoms with Crippen LogP contribution in [-0.4, -0.2) is 41.3 Å². The van der Waals surface area contributed by atoms with Crippen molar-refractivity contribution in [2.45, 2.75) is 18.9 Å². The zero-order valence-electron chi connectivity index (χ0n) is 12.4. The number of amides is 1. The molecule has 2 aromatic rings. The lowest BCUT2D eigenvalue weighted by atomic mass is 10.0. The smallest absolute Gasteiger partial charge is 0.257 e. The van der Waals surface area contributed by atoms with Crippen LogP contribution in [-0.2, 0) is 11.3 Å². The van der Waals surface area contributed by atoms with E-state index in [9.17, 15) is 9.18 Å². The van der Waals surface area contributed by atoms with Crippen molar-refractivity contribution < 1.29 is 13.9 Å². The Bertz CT molecular complexity index is 665. The Morgan fingerprint density at radius 1 is 1.55 bits per heavy atom. The van der Waals surface area contributed by atoms with Crippen molar-refractivity contribution in [1.29, 1.82) is 0 Å². The van der Waals surface area contributed by atoms with E-state index in [2.05, 4.69) is 10.2 Å². The Morgan fingerprint density at radius 3 is 3.14 bits per heavy atom. The molecule has 6 heteroatoms. The lowest BCUT2D eigenvalue weighted by Crippen LogP contribution is -2.27. The molecule has 0 aliphatic carbocycles. The van der Waals surface area contributed by atoms with Crippen LogP contribution < -0.4 is 0 Å². The molecule has 5 nitrogen and oxygen atoms in total. The summed E-state index contributed by atoms with van der Waals surface area (Å²) in [6, 6.07) is 6.26. The molecule has 1 fully saturated rings. The van der Waals surface area contributed by atoms with Gasteiger partial charge in [-0.05, 0) is 24.1 Å². The van der Waals surface area contributed by atoms with Gasteiger partial charge in [0.05, 0.1) is 24.1 Å². The number of nitrogens with zero attached hydrogens (tertiary/aromatic N) is 2. The van der Waals surface area contributed by atoms with E-state index < -0.39 is 0 Å². The van der Waals surface area contributed by atoms with Crippen LogP contribution in [0.2, 0.25) is 0 Å². The number of carbonyl (C=O) groups excluding carboxylic acids is 1. The van der Waals surface area contributed by atoms with Gasteiger partial charge in [0.25, 0.3) is 5.91 Å². The number of aromatic amines is 1. The van der Waals surface area contributed by atoms with E-state index in [0.717, 1.165) is 17.7 Å². The van der Waals surface area contributed by atoms with Crippen molar-refractivity contribution >= 4 is 5.91 Å². The lowest BCUT2D eigenvalue weighted by molar-refractivity contribution is 0.0783. The Balaban J connectivity index is 1.74. The van der Waals surface area contributed by atoms with E-state index in [1.54, 1.807) is 30.3 Å². The Labute approximate surface area is 128 Å². The third kappa shape index (κ3) is 3.01. The number of nitrogens with one attached hydrogen (secondary N) is 1. The molecular formula is C16H18FN3O2. The van der Waals surface area contributed by atoms with Crippen molar-refractivity contribution in [3.63, 3.8) is 0 Å². The average molecular weight is 303 g/mol. The summed E-state index contributed by atoms with van der Waals surface area (Å²) >= 11 is 0. The number of benzene rings is 1. The second-order valence-electron chi connectivity index (χ2n) is 5.55. The minimum absolute atomic E-state index is 0.125. The van der Waals surface area contributed by atoms with Crippen molar-refractivity contribution in [3.05, 3.63) is 53.1 Å². The predicted molar refractivity (Wildman–Crippen MR) is 79.0 cm³/mol. The topological polar surface area (TPSA) is 58.2 Å². The number of H-pyrrole nitrogens is 1. The summed E-state index contributed by atoms with van der Waals surface area (Å²) < 4.78 is 18.6. The van der Waals surface area contributed by atoms with E-state index in [1.807, 2.05) is 0 Å². The maximum absolute atomic E-state index is 13.2. The molecule has 1 aromatic heterocycles. The van der Waals surface area contributed by atoms with E-state index in [-0.39, 0.29) is 17.6 Å². The molecule has 2 heterocycles. The summed E-state index contributed by atoms with van der Waals surface area (Å²) in [5.74, 6) is -0.241. The van der Waals surface area contributed by atoms with Gasteiger partial charge in [-0.2, -0.15) is 5.10 Å². The highest BCUT2D eigenvalue weighted by Crippen LogP contribution is 2.26. The normalized spacial score (nSPS) is 17.6. The summed E-state index contributed by atoms with van der Waals surface area (Å²) in [6.45, 7) is 1.66. The number of ether oxygens (including phenoxy) is 1. The fourth-order valence-electron chi connectivity index (χ4n) is 2.73. The molecule has 0 radical (unpaired) electrons. The van der Waals surface area contributed by atoms with E-state index in [1.165, 1.54) is 12.1 Å². The number of halogens is 1. The van der Waals surface area contributed by atoms with Crippen molar-refractivity contribution in [1.82, 2.24) is 15.1 Å². The highest BCUT2D eigenvalue weighted by atomic mass is 19.1. The van der Waals surface area contributed by atoms with E-state index in [4.69, 9.17) is 4.74 Å². The molecule has 1 unspecified atom stereocenters. The molecule has 0 bridgehead atoms. The third-order valence-corrected chi connectivity index (χ3v) is 3.89. The van der Waals surface area contributed by atoms with Gasteiger partial charge in [-0.1, -0.05) is 12.1 Å². The van der Waals surface area contributed by atoms with Crippen LogP contribution >= 0.6 is 0 Å². The monoisotopic (exact) mass is 303 g/mol. The Morgan fingerprint density at radius 2 is 2.41 bits per heavy atom. The summed E-state index contributed by atoms with van der Waals surface area (Å²) in [6.07, 6.45) is 2.44. The Kier molecular flexibility index (Phi) is 4.20. The first-order chi connectivity index (χ1) is 10.6. The van der Waals surface area contributed by atoms with Gasteiger partial charge in [0, 0.05) is 26.1 Å². The van der Waals surface area contributed by atoms with Crippen molar-refractivity contribution in [2.75, 3.05) is 20.3 Å². The molecule has 1 aromatic carbocycles. The number of aromatic nitrogens is 2. The van der Waals surface area contributed by atoms with Crippen LogP contribution in [0.1, 0.15) is 34.0 Å². The maximum atomic E-state index is 13.2. The minimum Gasteiger partial charge on any atom is -0.381 e. The molecule has 1 aliphatic rings. The number of carbonyl (C=O) groups is 1. The molecule has 22 heavy (non-hydrogen) atoms. The molecule has 1 N–H and O–H groups in total. The fourth-order valence-corrected chi connectivity index (χ4v) is 2.73. The quantitative estimate of drug-likeness (QED) is 0.943. The van der Waals surface area contributed by atoms with Gasteiger partial charge in [0.1, 0.15) is 5.82 Å². The summed E-state index contributed by atoms with van der Waals surface area (Å²) in [7, 11) is 1.70. The SMILES string of the molecule is CN(Cc1cccc(F)c1)C(=O)c1cn[nH]c1C1CCOC1. The van der Waals surface area contributed by atoms with Gasteiger partial charge in [-0.3, -0.25) is 9.89 Å². The van der Waals surface area contributed by atoms with Crippen LogP contribution in [0.4, 0.5) is 4.39 Å². The molecule has 1 atom stereocenters. The second-order valence-corrected chi connectivity index (χ2v) is 5.55. The maximum Gasteiger partial charge on any atom is 0.257 e. The first-order valence-electron chi connectivity index (χ1n) is 7.26. The fraction of sp³-hybridized carbons (Fsp3) is 0.375. The molecule has 116 valence electrons. The second kappa shape index (κ2) is 6.27. The van der Waals surface area contributed by atoms with E-state index >= 15 is 0 Å². The first kappa shape index (κ1) is 14.7. The van der Waals surface area contributed by atoms with E-state index in [0.29, 0.717) is 25.3 Å². The molecule has 1 saturated heterocycles. The number of hydrogen-bond donors (Lipinski definition) is 1. The zero-order valence-corrected chi connectivity index (χ0v) is 12.4. The van der Waals surface area contributed by atoms with Crippen molar-refractivity contribution in [3.8, 4) is 0 Å². The molecular weight excluding hydrogens is 285 g/mol. The molecule has 0 spiro atoms. The van der Waals surface area contributed by atoms with Crippen LogP contribution in [0, 0.1) is 5.82 Å². The molecule has 0 saturated carbocycles. The highest BCUT2D eigenvalue weighted by molar-refractivity contribution is 5.95. The lowest BCUT2D eigenvalue weighted by Gasteiger charge is -2.18. The number of rotatable bonds is 4. The standard InChI is InChI=1S/C16H18FN3O2/c1-20(9-11-3-2-4-13(17)7-11)16(21)14-8-18-19-15(14)12-5-6-22-10-12/h2-4,7-8,12H,5-6,9-10H2,1H3,(H,18,19). The van der Waals surface area contributed by atoms with Gasteiger partial charge in [-0.25, -0.2) is 4.39 Å². The Hall–Kier alpha value is -2.21. The highest BCUT2D eigenvalue weighted by Gasteiger charge is 2.26. The molecule has 3 rings (SSSR count). The summed E-state index contributed by atoms with van der Waals surface area (Å²) in [4.78, 5) is 14.2. The summed E-state index contributed by atoms with van der Waals surface area (Å²) in [5, 5.41) is 6.92. The summed E-state index contributed by atoms with van der Waals surface area (Å²) in [5.41, 5.74) is 2.15. The zero-order chi connectivity index (χ0) is 15.5. The van der Waals surface area contributed by atoms with Crippen LogP contribution in [0.25, 0.3) is 0 Å². The van der Waals surface area contributed by atoms with Gasteiger partial charge in [-0.15, -0.1) is 0 Å². The van der Waals surface area contributed by atoms with Gasteiger partial charge >= 0.3 is 0 Å². The molecule has 1 aliphatic heterocycles. The third-order valence-electron chi connectivity index (χ3n) is 3.89. The first-order valence-corrected chi connectivity index (χ1v) is 7.26.